The first-order valence-corrected chi connectivity index (χ1v) is 10.4. The smallest absolute Gasteiger partial charge is 0.409 e. The van der Waals surface area contributed by atoms with Crippen LogP contribution in [0.2, 0.25) is 5.02 Å². The molecule has 0 radical (unpaired) electrons. The first-order chi connectivity index (χ1) is 15.8. The van der Waals surface area contributed by atoms with Gasteiger partial charge in [0.1, 0.15) is 18.1 Å². The Labute approximate surface area is 192 Å². The van der Waals surface area contributed by atoms with Crippen LogP contribution in [0.3, 0.4) is 0 Å². The van der Waals surface area contributed by atoms with Gasteiger partial charge in [-0.2, -0.15) is 0 Å². The van der Waals surface area contributed by atoms with Crippen LogP contribution < -0.4 is 15.5 Å². The SMILES string of the molecule is O=C(O)Nc1cn2c(c(OCc3ccccc3)c1=O)C(=O)N(Cc1ccc(F)c(Cl)c1)CC2. The molecule has 0 fully saturated rings. The molecular formula is C23H19ClFN3O5. The summed E-state index contributed by atoms with van der Waals surface area (Å²) in [4.78, 5) is 39.0. The predicted octanol–water partition coefficient (Wildman–Crippen LogP) is 3.97. The molecule has 0 saturated carbocycles. The van der Waals surface area contributed by atoms with Crippen LogP contribution in [0.15, 0.2) is 59.5 Å². The van der Waals surface area contributed by atoms with Gasteiger partial charge >= 0.3 is 6.09 Å². The third-order valence-electron chi connectivity index (χ3n) is 5.16. The van der Waals surface area contributed by atoms with Crippen molar-refractivity contribution >= 4 is 29.3 Å². The topological polar surface area (TPSA) is 101 Å². The summed E-state index contributed by atoms with van der Waals surface area (Å²) >= 11 is 5.85. The summed E-state index contributed by atoms with van der Waals surface area (Å²) in [6, 6.07) is 13.3. The number of nitrogens with zero attached hydrogens (tertiary/aromatic N) is 2. The summed E-state index contributed by atoms with van der Waals surface area (Å²) in [5, 5.41) is 11.1. The van der Waals surface area contributed by atoms with E-state index in [2.05, 4.69) is 5.32 Å². The number of hydrogen-bond donors (Lipinski definition) is 2. The highest BCUT2D eigenvalue weighted by molar-refractivity contribution is 6.30. The van der Waals surface area contributed by atoms with Gasteiger partial charge in [-0.05, 0) is 23.3 Å². The molecule has 3 aromatic rings. The number of fused-ring (bicyclic) bond motifs is 1. The maximum Gasteiger partial charge on any atom is 0.409 e. The molecule has 0 atom stereocenters. The molecule has 2 N–H and O–H groups in total. The second-order valence-electron chi connectivity index (χ2n) is 7.42. The zero-order chi connectivity index (χ0) is 23.5. The summed E-state index contributed by atoms with van der Waals surface area (Å²) < 4.78 is 20.8. The Balaban J connectivity index is 1.69. The number of aromatic nitrogens is 1. The molecule has 0 bridgehead atoms. The Kier molecular flexibility index (Phi) is 6.32. The van der Waals surface area contributed by atoms with Crippen LogP contribution >= 0.6 is 11.6 Å². The first kappa shape index (κ1) is 22.3. The second kappa shape index (κ2) is 9.33. The van der Waals surface area contributed by atoms with E-state index in [-0.39, 0.29) is 41.8 Å². The molecule has 33 heavy (non-hydrogen) atoms. The lowest BCUT2D eigenvalue weighted by molar-refractivity contribution is 0.0680. The third-order valence-corrected chi connectivity index (χ3v) is 5.45. The molecule has 2 amide bonds. The van der Waals surface area contributed by atoms with Crippen molar-refractivity contribution in [2.24, 2.45) is 0 Å². The van der Waals surface area contributed by atoms with E-state index in [0.717, 1.165) is 5.56 Å². The minimum absolute atomic E-state index is 0.0143. The maximum atomic E-state index is 13.5. The number of anilines is 1. The van der Waals surface area contributed by atoms with Crippen molar-refractivity contribution < 1.29 is 23.8 Å². The number of amides is 2. The fraction of sp³-hybridized carbons (Fsp3) is 0.174. The minimum atomic E-state index is -1.40. The minimum Gasteiger partial charge on any atom is -0.482 e. The summed E-state index contributed by atoms with van der Waals surface area (Å²) in [5.41, 5.74) is 0.474. The lowest BCUT2D eigenvalue weighted by atomic mass is 10.1. The van der Waals surface area contributed by atoms with Crippen molar-refractivity contribution in [1.82, 2.24) is 9.47 Å². The van der Waals surface area contributed by atoms with Crippen LogP contribution in [0.5, 0.6) is 5.75 Å². The van der Waals surface area contributed by atoms with E-state index < -0.39 is 23.2 Å². The number of carbonyl (C=O) groups is 2. The van der Waals surface area contributed by atoms with Crippen molar-refractivity contribution in [1.29, 1.82) is 0 Å². The van der Waals surface area contributed by atoms with E-state index in [1.54, 1.807) is 12.1 Å². The Morgan fingerprint density at radius 3 is 2.58 bits per heavy atom. The van der Waals surface area contributed by atoms with Gasteiger partial charge in [0.2, 0.25) is 5.43 Å². The number of benzene rings is 2. The average Bonchev–Trinajstić information content (AvgIpc) is 2.79. The average molecular weight is 472 g/mol. The van der Waals surface area contributed by atoms with Gasteiger partial charge in [0.05, 0.1) is 5.02 Å². The molecule has 2 aromatic carbocycles. The zero-order valence-electron chi connectivity index (χ0n) is 17.3. The Morgan fingerprint density at radius 2 is 1.88 bits per heavy atom. The van der Waals surface area contributed by atoms with Gasteiger partial charge in [-0.25, -0.2) is 9.18 Å². The fourth-order valence-electron chi connectivity index (χ4n) is 3.59. The normalized spacial score (nSPS) is 12.9. The van der Waals surface area contributed by atoms with Gasteiger partial charge < -0.3 is 19.3 Å². The van der Waals surface area contributed by atoms with Crippen molar-refractivity contribution in [2.45, 2.75) is 19.7 Å². The Morgan fingerprint density at radius 1 is 1.12 bits per heavy atom. The highest BCUT2D eigenvalue weighted by Crippen LogP contribution is 2.26. The second-order valence-corrected chi connectivity index (χ2v) is 7.83. The van der Waals surface area contributed by atoms with Gasteiger partial charge in [-0.15, -0.1) is 0 Å². The molecule has 2 heterocycles. The standard InChI is InChI=1S/C23H19ClFN3O5/c24-16-10-15(6-7-17(16)25)11-28-9-8-27-12-18(26-23(31)32)20(29)21(19(27)22(28)30)33-13-14-4-2-1-3-5-14/h1-7,10,12,26H,8-9,11,13H2,(H,31,32). The van der Waals surface area contributed by atoms with E-state index in [0.29, 0.717) is 12.1 Å². The highest BCUT2D eigenvalue weighted by Gasteiger charge is 2.31. The van der Waals surface area contributed by atoms with Gasteiger partial charge in [-0.1, -0.05) is 48.0 Å². The number of ether oxygens (including phenoxy) is 1. The van der Waals surface area contributed by atoms with Crippen LogP contribution in [0.4, 0.5) is 14.9 Å². The predicted molar refractivity (Wildman–Crippen MR) is 119 cm³/mol. The van der Waals surface area contributed by atoms with E-state index in [9.17, 15) is 18.8 Å². The maximum absolute atomic E-state index is 13.5. The molecule has 170 valence electrons. The number of carboxylic acid groups (broad SMARTS) is 1. The molecule has 4 rings (SSSR count). The molecular weight excluding hydrogens is 453 g/mol. The summed E-state index contributed by atoms with van der Waals surface area (Å²) in [6.07, 6.45) is -0.107. The van der Waals surface area contributed by atoms with Crippen LogP contribution in [-0.4, -0.2) is 33.1 Å². The van der Waals surface area contributed by atoms with E-state index >= 15 is 0 Å². The van der Waals surface area contributed by atoms with Crippen LogP contribution in [0, 0.1) is 5.82 Å². The number of carbonyl (C=O) groups excluding carboxylic acids is 1. The van der Waals surface area contributed by atoms with Crippen molar-refractivity contribution in [3.8, 4) is 5.75 Å². The molecule has 1 aromatic heterocycles. The van der Waals surface area contributed by atoms with Crippen molar-refractivity contribution in [3.63, 3.8) is 0 Å². The van der Waals surface area contributed by atoms with Gasteiger partial charge in [0, 0.05) is 25.8 Å². The molecule has 0 spiro atoms. The van der Waals surface area contributed by atoms with Crippen LogP contribution in [-0.2, 0) is 19.7 Å². The van der Waals surface area contributed by atoms with E-state index in [1.807, 2.05) is 18.2 Å². The van der Waals surface area contributed by atoms with Gasteiger partial charge in [-0.3, -0.25) is 14.9 Å². The van der Waals surface area contributed by atoms with E-state index in [4.69, 9.17) is 21.4 Å². The molecule has 8 nitrogen and oxygen atoms in total. The summed E-state index contributed by atoms with van der Waals surface area (Å²) in [6.45, 7) is 0.751. The van der Waals surface area contributed by atoms with Crippen molar-refractivity contribution in [3.05, 3.63) is 92.6 Å². The van der Waals surface area contributed by atoms with Gasteiger partial charge in [0.15, 0.2) is 11.4 Å². The summed E-state index contributed by atoms with van der Waals surface area (Å²) in [7, 11) is 0. The molecule has 0 unspecified atom stereocenters. The van der Waals surface area contributed by atoms with Crippen LogP contribution in [0.1, 0.15) is 21.6 Å². The lowest BCUT2D eigenvalue weighted by Crippen LogP contribution is -2.42. The summed E-state index contributed by atoms with van der Waals surface area (Å²) in [5.74, 6) is -1.27. The zero-order valence-corrected chi connectivity index (χ0v) is 18.0. The quantitative estimate of drug-likeness (QED) is 0.566. The number of hydrogen-bond acceptors (Lipinski definition) is 4. The number of rotatable bonds is 6. The van der Waals surface area contributed by atoms with Crippen LogP contribution in [0.25, 0.3) is 0 Å². The molecule has 0 saturated heterocycles. The Hall–Kier alpha value is -3.85. The number of pyridine rings is 1. The monoisotopic (exact) mass is 471 g/mol. The third kappa shape index (κ3) is 4.83. The first-order valence-electron chi connectivity index (χ1n) is 10.0. The largest absolute Gasteiger partial charge is 0.482 e. The Bertz CT molecular complexity index is 1280. The number of nitrogens with one attached hydrogen (secondary N) is 1. The molecule has 10 heteroatoms. The van der Waals surface area contributed by atoms with E-state index in [1.165, 1.54) is 33.9 Å². The number of halogens is 2. The van der Waals surface area contributed by atoms with Gasteiger partial charge in [0.25, 0.3) is 5.91 Å². The fourth-order valence-corrected chi connectivity index (χ4v) is 3.80. The lowest BCUT2D eigenvalue weighted by Gasteiger charge is -2.31. The highest BCUT2D eigenvalue weighted by atomic mass is 35.5. The van der Waals surface area contributed by atoms with Crippen molar-refractivity contribution in [2.75, 3.05) is 11.9 Å². The molecule has 1 aliphatic heterocycles. The molecule has 1 aliphatic rings. The molecule has 0 aliphatic carbocycles.